The molecule has 2 aromatic rings. The number of Topliss-reactive ketones (excluding diaryl/α,β-unsaturated/α-hetero) is 1. The molecule has 148 valence electrons. The maximum Gasteiger partial charge on any atom is 0.327 e. The van der Waals surface area contributed by atoms with Gasteiger partial charge in [0.15, 0.2) is 0 Å². The van der Waals surface area contributed by atoms with Gasteiger partial charge in [0.2, 0.25) is 6.10 Å². The van der Waals surface area contributed by atoms with Crippen LogP contribution in [0.4, 0.5) is 5.69 Å². The summed E-state index contributed by atoms with van der Waals surface area (Å²) in [5.74, 6) is -2.44. The number of hydrogen-bond acceptors (Lipinski definition) is 5. The van der Waals surface area contributed by atoms with E-state index in [9.17, 15) is 19.2 Å². The second-order valence-electron chi connectivity index (χ2n) is 7.05. The number of nitrogens with zero attached hydrogens (tertiary/aromatic N) is 2. The zero-order valence-corrected chi connectivity index (χ0v) is 15.7. The maximum atomic E-state index is 12.9. The van der Waals surface area contributed by atoms with Crippen molar-refractivity contribution in [3.8, 4) is 0 Å². The second-order valence-corrected chi connectivity index (χ2v) is 7.05. The van der Waals surface area contributed by atoms with Crippen molar-refractivity contribution >= 4 is 29.3 Å². The molecule has 0 N–H and O–H groups in total. The van der Waals surface area contributed by atoms with Crippen molar-refractivity contribution < 1.29 is 23.9 Å². The van der Waals surface area contributed by atoms with Crippen molar-refractivity contribution in [3.05, 3.63) is 65.7 Å². The Labute approximate surface area is 167 Å². The molecule has 1 saturated heterocycles. The highest BCUT2D eigenvalue weighted by atomic mass is 16.5. The molecule has 2 aromatic carbocycles. The summed E-state index contributed by atoms with van der Waals surface area (Å²) >= 11 is 0. The van der Waals surface area contributed by atoms with Crippen LogP contribution in [0.25, 0.3) is 0 Å². The SMILES string of the molecule is O=C(CN1C(=O)C(=O)c2ccccc21)O[C@H](C(=O)N1CCCC1)c1ccccc1. The van der Waals surface area contributed by atoms with Crippen LogP contribution in [-0.2, 0) is 19.1 Å². The number of ether oxygens (including phenoxy) is 1. The molecule has 0 aromatic heterocycles. The van der Waals surface area contributed by atoms with E-state index in [4.69, 9.17) is 4.74 Å². The summed E-state index contributed by atoms with van der Waals surface area (Å²) in [5, 5.41) is 0. The monoisotopic (exact) mass is 392 g/mol. The summed E-state index contributed by atoms with van der Waals surface area (Å²) in [7, 11) is 0. The highest BCUT2D eigenvalue weighted by molar-refractivity contribution is 6.52. The summed E-state index contributed by atoms with van der Waals surface area (Å²) in [6.45, 7) is 0.830. The van der Waals surface area contributed by atoms with Crippen LogP contribution in [0.5, 0.6) is 0 Å². The van der Waals surface area contributed by atoms with Crippen LogP contribution < -0.4 is 4.90 Å². The van der Waals surface area contributed by atoms with Crippen LogP contribution in [0.15, 0.2) is 54.6 Å². The number of esters is 1. The number of likely N-dealkylation sites (tertiary alicyclic amines) is 1. The number of ketones is 1. The van der Waals surface area contributed by atoms with Crippen molar-refractivity contribution in [2.24, 2.45) is 0 Å². The first-order valence-corrected chi connectivity index (χ1v) is 9.54. The third-order valence-corrected chi connectivity index (χ3v) is 5.16. The van der Waals surface area contributed by atoms with E-state index in [1.807, 2.05) is 6.07 Å². The molecule has 0 radical (unpaired) electrons. The maximum absolute atomic E-state index is 12.9. The average molecular weight is 392 g/mol. The summed E-state index contributed by atoms with van der Waals surface area (Å²) < 4.78 is 5.54. The Bertz CT molecular complexity index is 966. The number of hydrogen-bond donors (Lipinski definition) is 0. The van der Waals surface area contributed by atoms with Crippen molar-refractivity contribution in [1.82, 2.24) is 4.90 Å². The zero-order chi connectivity index (χ0) is 20.4. The second kappa shape index (κ2) is 7.87. The van der Waals surface area contributed by atoms with Gasteiger partial charge in [-0.1, -0.05) is 42.5 Å². The lowest BCUT2D eigenvalue weighted by Gasteiger charge is -2.24. The van der Waals surface area contributed by atoms with Gasteiger partial charge < -0.3 is 9.64 Å². The normalized spacial score (nSPS) is 16.7. The van der Waals surface area contributed by atoms with Crippen LogP contribution in [0.3, 0.4) is 0 Å². The van der Waals surface area contributed by atoms with Gasteiger partial charge in [-0.15, -0.1) is 0 Å². The highest BCUT2D eigenvalue weighted by Gasteiger charge is 2.38. The Morgan fingerprint density at radius 1 is 0.931 bits per heavy atom. The number of amides is 2. The third-order valence-electron chi connectivity index (χ3n) is 5.16. The van der Waals surface area contributed by atoms with Gasteiger partial charge in [0.1, 0.15) is 6.54 Å². The summed E-state index contributed by atoms with van der Waals surface area (Å²) in [5.41, 5.74) is 1.21. The minimum Gasteiger partial charge on any atom is -0.446 e. The number of carbonyl (C=O) groups excluding carboxylic acids is 4. The van der Waals surface area contributed by atoms with Crippen LogP contribution in [0.2, 0.25) is 0 Å². The van der Waals surface area contributed by atoms with Crippen molar-refractivity contribution in [2.45, 2.75) is 18.9 Å². The zero-order valence-electron chi connectivity index (χ0n) is 15.7. The Morgan fingerprint density at radius 2 is 1.59 bits per heavy atom. The molecule has 2 aliphatic heterocycles. The molecule has 7 heteroatoms. The lowest BCUT2D eigenvalue weighted by molar-refractivity contribution is -0.159. The Balaban J connectivity index is 1.53. The fourth-order valence-corrected chi connectivity index (χ4v) is 3.70. The molecule has 0 unspecified atom stereocenters. The van der Waals surface area contributed by atoms with E-state index in [1.54, 1.807) is 53.4 Å². The number of rotatable bonds is 5. The number of fused-ring (bicyclic) bond motifs is 1. The van der Waals surface area contributed by atoms with E-state index < -0.39 is 30.3 Å². The van der Waals surface area contributed by atoms with Gasteiger partial charge in [0, 0.05) is 18.7 Å². The van der Waals surface area contributed by atoms with Gasteiger partial charge in [-0.2, -0.15) is 0 Å². The first-order valence-electron chi connectivity index (χ1n) is 9.54. The molecular weight excluding hydrogens is 372 g/mol. The average Bonchev–Trinajstić information content (AvgIpc) is 3.37. The molecule has 0 saturated carbocycles. The third kappa shape index (κ3) is 3.63. The largest absolute Gasteiger partial charge is 0.446 e. The summed E-state index contributed by atoms with van der Waals surface area (Å²) in [6.07, 6.45) is 0.760. The van der Waals surface area contributed by atoms with E-state index in [2.05, 4.69) is 0 Å². The van der Waals surface area contributed by atoms with E-state index in [1.165, 1.54) is 0 Å². The fraction of sp³-hybridized carbons (Fsp3) is 0.273. The van der Waals surface area contributed by atoms with Gasteiger partial charge >= 0.3 is 5.97 Å². The Kier molecular flexibility index (Phi) is 5.12. The molecule has 1 fully saturated rings. The Hall–Kier alpha value is -3.48. The van der Waals surface area contributed by atoms with Gasteiger partial charge in [0.25, 0.3) is 17.6 Å². The fourth-order valence-electron chi connectivity index (χ4n) is 3.70. The number of carbonyl (C=O) groups is 4. The number of anilines is 1. The summed E-state index contributed by atoms with van der Waals surface area (Å²) in [6, 6.07) is 15.3. The van der Waals surface area contributed by atoms with E-state index >= 15 is 0 Å². The first kappa shape index (κ1) is 18.9. The topological polar surface area (TPSA) is 84.0 Å². The predicted octanol–water partition coefficient (Wildman–Crippen LogP) is 2.12. The highest BCUT2D eigenvalue weighted by Crippen LogP contribution is 2.29. The van der Waals surface area contributed by atoms with Crippen molar-refractivity contribution in [1.29, 1.82) is 0 Å². The first-order chi connectivity index (χ1) is 14.1. The van der Waals surface area contributed by atoms with Gasteiger partial charge in [-0.05, 0) is 25.0 Å². The molecule has 2 aliphatic rings. The van der Waals surface area contributed by atoms with Crippen LogP contribution >= 0.6 is 0 Å². The quantitative estimate of drug-likeness (QED) is 0.575. The Morgan fingerprint density at radius 3 is 2.31 bits per heavy atom. The minimum atomic E-state index is -1.08. The number of benzene rings is 2. The molecule has 4 rings (SSSR count). The molecule has 2 amide bonds. The van der Waals surface area contributed by atoms with Crippen LogP contribution in [0, 0.1) is 0 Å². The van der Waals surface area contributed by atoms with E-state index in [-0.39, 0.29) is 11.5 Å². The van der Waals surface area contributed by atoms with Gasteiger partial charge in [-0.25, -0.2) is 0 Å². The number of para-hydroxylation sites is 1. The lowest BCUT2D eigenvalue weighted by atomic mass is 10.1. The van der Waals surface area contributed by atoms with Crippen molar-refractivity contribution in [2.75, 3.05) is 24.5 Å². The minimum absolute atomic E-state index is 0.262. The molecule has 0 spiro atoms. The van der Waals surface area contributed by atoms with Crippen LogP contribution in [0.1, 0.15) is 34.9 Å². The summed E-state index contributed by atoms with van der Waals surface area (Å²) in [4.78, 5) is 52.8. The molecule has 7 nitrogen and oxygen atoms in total. The predicted molar refractivity (Wildman–Crippen MR) is 104 cm³/mol. The van der Waals surface area contributed by atoms with E-state index in [0.29, 0.717) is 24.3 Å². The smallest absolute Gasteiger partial charge is 0.327 e. The van der Waals surface area contributed by atoms with Gasteiger partial charge in [0.05, 0.1) is 11.3 Å². The molecule has 1 atom stereocenters. The van der Waals surface area contributed by atoms with E-state index in [0.717, 1.165) is 17.7 Å². The lowest BCUT2D eigenvalue weighted by Crippen LogP contribution is -2.39. The van der Waals surface area contributed by atoms with Crippen molar-refractivity contribution in [3.63, 3.8) is 0 Å². The molecule has 2 heterocycles. The standard InChI is InChI=1S/C22H20N2O5/c25-18(14-24-17-11-5-4-10-16(17)19(26)21(24)27)29-20(15-8-2-1-3-9-15)22(28)23-12-6-7-13-23/h1-5,8-11,20H,6-7,12-14H2/t20-/m0/s1. The molecular formula is C22H20N2O5. The molecule has 0 aliphatic carbocycles. The van der Waals surface area contributed by atoms with Crippen LogP contribution in [-0.4, -0.2) is 48.1 Å². The molecule has 0 bridgehead atoms. The van der Waals surface area contributed by atoms with Gasteiger partial charge in [-0.3, -0.25) is 24.1 Å². The molecule has 29 heavy (non-hydrogen) atoms.